The highest BCUT2D eigenvalue weighted by Crippen LogP contribution is 2.15. The lowest BCUT2D eigenvalue weighted by atomic mass is 10.2. The zero-order chi connectivity index (χ0) is 20.4. The minimum absolute atomic E-state index is 0.0526. The fourth-order valence-corrected chi connectivity index (χ4v) is 3.00. The maximum absolute atomic E-state index is 12.9. The number of hydrogen-bond donors (Lipinski definition) is 1. The Morgan fingerprint density at radius 2 is 1.71 bits per heavy atom. The van der Waals surface area contributed by atoms with Crippen LogP contribution in [0.15, 0.2) is 67.3 Å². The molecule has 28 heavy (non-hydrogen) atoms. The third-order valence-corrected chi connectivity index (χ3v) is 4.37. The van der Waals surface area contributed by atoms with Crippen molar-refractivity contribution < 1.29 is 9.59 Å². The molecule has 0 aliphatic rings. The van der Waals surface area contributed by atoms with Gasteiger partial charge in [-0.1, -0.05) is 49.4 Å². The first-order valence-electron chi connectivity index (χ1n) is 9.59. The molecule has 0 aliphatic carbocycles. The van der Waals surface area contributed by atoms with Crippen LogP contribution in [0.2, 0.25) is 0 Å². The lowest BCUT2D eigenvalue weighted by Gasteiger charge is -2.26. The van der Waals surface area contributed by atoms with Gasteiger partial charge in [0.05, 0.1) is 13.1 Å². The summed E-state index contributed by atoms with van der Waals surface area (Å²) in [5, 5.41) is 2.94. The van der Waals surface area contributed by atoms with Gasteiger partial charge in [-0.15, -0.1) is 6.58 Å². The summed E-state index contributed by atoms with van der Waals surface area (Å²) in [7, 11) is 0. The molecule has 0 unspecified atom stereocenters. The van der Waals surface area contributed by atoms with E-state index in [-0.39, 0.29) is 24.9 Å². The molecule has 0 aromatic heterocycles. The van der Waals surface area contributed by atoms with Gasteiger partial charge in [0.25, 0.3) is 0 Å². The van der Waals surface area contributed by atoms with Crippen LogP contribution in [-0.2, 0) is 9.59 Å². The van der Waals surface area contributed by atoms with E-state index in [1.54, 1.807) is 11.0 Å². The number of para-hydroxylation sites is 2. The predicted molar refractivity (Wildman–Crippen MR) is 116 cm³/mol. The second kappa shape index (κ2) is 11.0. The molecule has 0 fully saturated rings. The van der Waals surface area contributed by atoms with Crippen LogP contribution < -0.4 is 10.2 Å². The molecule has 2 rings (SSSR count). The van der Waals surface area contributed by atoms with Crippen molar-refractivity contribution in [2.24, 2.45) is 0 Å². The van der Waals surface area contributed by atoms with Gasteiger partial charge in [-0.05, 0) is 43.7 Å². The number of carbonyl (C=O) groups is 2. The molecule has 2 amide bonds. The van der Waals surface area contributed by atoms with E-state index in [9.17, 15) is 9.59 Å². The van der Waals surface area contributed by atoms with Crippen LogP contribution in [0.5, 0.6) is 0 Å². The van der Waals surface area contributed by atoms with Crippen molar-refractivity contribution in [1.82, 2.24) is 4.90 Å². The molecule has 0 saturated carbocycles. The zero-order valence-electron chi connectivity index (χ0n) is 16.7. The van der Waals surface area contributed by atoms with Crippen molar-refractivity contribution in [3.63, 3.8) is 0 Å². The SMILES string of the molecule is C=CCN(C(=O)CN(CCC)CC(=O)Nc1ccccc1C)c1ccccc1. The number of hydrogen-bond acceptors (Lipinski definition) is 3. The molecule has 1 N–H and O–H groups in total. The second-order valence-corrected chi connectivity index (χ2v) is 6.70. The van der Waals surface area contributed by atoms with E-state index in [2.05, 4.69) is 11.9 Å². The third-order valence-electron chi connectivity index (χ3n) is 4.37. The number of aryl methyl sites for hydroxylation is 1. The molecule has 0 aliphatic heterocycles. The van der Waals surface area contributed by atoms with Gasteiger partial charge >= 0.3 is 0 Å². The van der Waals surface area contributed by atoms with Gasteiger partial charge in [0, 0.05) is 17.9 Å². The van der Waals surface area contributed by atoms with Gasteiger partial charge in [0.15, 0.2) is 0 Å². The number of amides is 2. The number of nitrogens with one attached hydrogen (secondary N) is 1. The highest BCUT2D eigenvalue weighted by atomic mass is 16.2. The maximum atomic E-state index is 12.9. The Kier molecular flexibility index (Phi) is 8.43. The summed E-state index contributed by atoms with van der Waals surface area (Å²) >= 11 is 0. The summed E-state index contributed by atoms with van der Waals surface area (Å²) in [4.78, 5) is 29.0. The van der Waals surface area contributed by atoms with Crippen LogP contribution in [0.1, 0.15) is 18.9 Å². The molecule has 5 nitrogen and oxygen atoms in total. The van der Waals surface area contributed by atoms with Crippen molar-refractivity contribution in [3.05, 3.63) is 72.8 Å². The van der Waals surface area contributed by atoms with E-state index in [1.165, 1.54) is 0 Å². The summed E-state index contributed by atoms with van der Waals surface area (Å²) < 4.78 is 0. The summed E-state index contributed by atoms with van der Waals surface area (Å²) in [5.41, 5.74) is 2.64. The van der Waals surface area contributed by atoms with Gasteiger partial charge in [-0.3, -0.25) is 14.5 Å². The van der Waals surface area contributed by atoms with E-state index in [1.807, 2.05) is 73.3 Å². The molecule has 0 radical (unpaired) electrons. The van der Waals surface area contributed by atoms with Gasteiger partial charge in [-0.25, -0.2) is 0 Å². The zero-order valence-corrected chi connectivity index (χ0v) is 16.7. The van der Waals surface area contributed by atoms with Gasteiger partial charge in [0.2, 0.25) is 11.8 Å². The normalized spacial score (nSPS) is 10.5. The monoisotopic (exact) mass is 379 g/mol. The number of benzene rings is 2. The average Bonchev–Trinajstić information content (AvgIpc) is 2.68. The number of carbonyl (C=O) groups excluding carboxylic acids is 2. The van der Waals surface area contributed by atoms with Crippen molar-refractivity contribution in [1.29, 1.82) is 0 Å². The predicted octanol–water partition coefficient (Wildman–Crippen LogP) is 3.86. The molecule has 0 bridgehead atoms. The first-order valence-corrected chi connectivity index (χ1v) is 9.59. The van der Waals surface area contributed by atoms with Crippen LogP contribution in [-0.4, -0.2) is 42.9 Å². The Balaban J connectivity index is 2.03. The molecule has 0 heterocycles. The van der Waals surface area contributed by atoms with E-state index in [4.69, 9.17) is 0 Å². The molecular weight excluding hydrogens is 350 g/mol. The minimum atomic E-state index is -0.120. The Morgan fingerprint density at radius 1 is 1.04 bits per heavy atom. The third kappa shape index (κ3) is 6.35. The van der Waals surface area contributed by atoms with Crippen LogP contribution in [0, 0.1) is 6.92 Å². The molecule has 0 spiro atoms. The lowest BCUT2D eigenvalue weighted by molar-refractivity contribution is -0.121. The first-order chi connectivity index (χ1) is 13.5. The van der Waals surface area contributed by atoms with Crippen molar-refractivity contribution in [3.8, 4) is 0 Å². The standard InChI is InChI=1S/C23H29N3O2/c1-4-15-25(17-22(27)24-21-14-10-9-11-19(21)3)18-23(28)26(16-5-2)20-12-7-6-8-13-20/h5-14H,2,4,15-18H2,1,3H3,(H,24,27). The van der Waals surface area contributed by atoms with Crippen LogP contribution in [0.3, 0.4) is 0 Å². The van der Waals surface area contributed by atoms with E-state index >= 15 is 0 Å². The summed E-state index contributed by atoms with van der Waals surface area (Å²) in [6, 6.07) is 17.2. The van der Waals surface area contributed by atoms with Crippen molar-refractivity contribution >= 4 is 23.2 Å². The molecule has 0 saturated heterocycles. The molecule has 0 atom stereocenters. The molecule has 2 aromatic rings. The maximum Gasteiger partial charge on any atom is 0.241 e. The fraction of sp³-hybridized carbons (Fsp3) is 0.304. The van der Waals surface area contributed by atoms with Gasteiger partial charge < -0.3 is 10.2 Å². The van der Waals surface area contributed by atoms with E-state index in [0.717, 1.165) is 23.4 Å². The van der Waals surface area contributed by atoms with Crippen molar-refractivity contribution in [2.45, 2.75) is 20.3 Å². The van der Waals surface area contributed by atoms with Crippen LogP contribution in [0.25, 0.3) is 0 Å². The smallest absolute Gasteiger partial charge is 0.241 e. The average molecular weight is 380 g/mol. The van der Waals surface area contributed by atoms with Crippen LogP contribution in [0.4, 0.5) is 11.4 Å². The van der Waals surface area contributed by atoms with Gasteiger partial charge in [-0.2, -0.15) is 0 Å². The van der Waals surface area contributed by atoms with Gasteiger partial charge in [0.1, 0.15) is 0 Å². The topological polar surface area (TPSA) is 52.7 Å². The summed E-state index contributed by atoms with van der Waals surface area (Å²) in [6.07, 6.45) is 2.57. The van der Waals surface area contributed by atoms with E-state index < -0.39 is 0 Å². The minimum Gasteiger partial charge on any atom is -0.325 e. The highest BCUT2D eigenvalue weighted by Gasteiger charge is 2.19. The lowest BCUT2D eigenvalue weighted by Crippen LogP contribution is -2.43. The highest BCUT2D eigenvalue weighted by molar-refractivity contribution is 5.96. The Morgan fingerprint density at radius 3 is 2.36 bits per heavy atom. The molecule has 5 heteroatoms. The number of anilines is 2. The van der Waals surface area contributed by atoms with Crippen molar-refractivity contribution in [2.75, 3.05) is 36.4 Å². The summed E-state index contributed by atoms with van der Waals surface area (Å²) in [5.74, 6) is -0.172. The summed E-state index contributed by atoms with van der Waals surface area (Å²) in [6.45, 7) is 9.20. The Bertz CT molecular complexity index is 789. The largest absolute Gasteiger partial charge is 0.325 e. The van der Waals surface area contributed by atoms with Crippen LogP contribution >= 0.6 is 0 Å². The molecule has 148 valence electrons. The first kappa shape index (κ1) is 21.4. The molecule has 2 aromatic carbocycles. The number of rotatable bonds is 10. The number of nitrogens with zero attached hydrogens (tertiary/aromatic N) is 2. The quantitative estimate of drug-likeness (QED) is 0.638. The van der Waals surface area contributed by atoms with E-state index in [0.29, 0.717) is 13.1 Å². The second-order valence-electron chi connectivity index (χ2n) is 6.70. The Labute approximate surface area is 167 Å². The molecular formula is C23H29N3O2. The Hall–Kier alpha value is -2.92. The fourth-order valence-electron chi connectivity index (χ4n) is 3.00.